The first-order valence-electron chi connectivity index (χ1n) is 5.38. The van der Waals surface area contributed by atoms with Crippen molar-refractivity contribution in [3.63, 3.8) is 0 Å². The van der Waals surface area contributed by atoms with Crippen LogP contribution in [-0.2, 0) is 6.42 Å². The summed E-state index contributed by atoms with van der Waals surface area (Å²) in [7, 11) is 0. The Morgan fingerprint density at radius 1 is 1.33 bits per heavy atom. The van der Waals surface area contributed by atoms with Gasteiger partial charge >= 0.3 is 0 Å². The van der Waals surface area contributed by atoms with Gasteiger partial charge < -0.3 is 10.3 Å². The van der Waals surface area contributed by atoms with Gasteiger partial charge in [-0.25, -0.2) is 4.98 Å². The molecule has 6 heteroatoms. The molecule has 3 rings (SSSR count). The average molecular weight is 258 g/mol. The van der Waals surface area contributed by atoms with Crippen molar-refractivity contribution < 1.29 is 4.52 Å². The maximum absolute atomic E-state index is 5.61. The predicted octanol–water partition coefficient (Wildman–Crippen LogP) is 2.37. The lowest BCUT2D eigenvalue weighted by atomic mass is 10.2. The number of nitrogens with zero attached hydrogens (tertiary/aromatic N) is 3. The SMILES string of the molecule is Nc1cc(-c2nc(Cc3cccs3)no2)ccn1. The molecule has 0 unspecified atom stereocenters. The Kier molecular flexibility index (Phi) is 2.77. The van der Waals surface area contributed by atoms with Crippen molar-refractivity contribution in [2.45, 2.75) is 6.42 Å². The monoisotopic (exact) mass is 258 g/mol. The van der Waals surface area contributed by atoms with Gasteiger partial charge in [0.1, 0.15) is 5.82 Å². The van der Waals surface area contributed by atoms with Gasteiger partial charge in [0.2, 0.25) is 0 Å². The maximum atomic E-state index is 5.61. The van der Waals surface area contributed by atoms with E-state index in [0.717, 1.165) is 5.56 Å². The van der Waals surface area contributed by atoms with Crippen LogP contribution in [-0.4, -0.2) is 15.1 Å². The Morgan fingerprint density at radius 2 is 2.28 bits per heavy atom. The molecule has 0 spiro atoms. The number of aromatic nitrogens is 3. The summed E-state index contributed by atoms with van der Waals surface area (Å²) in [6.45, 7) is 0. The van der Waals surface area contributed by atoms with Crippen LogP contribution in [0.25, 0.3) is 11.5 Å². The van der Waals surface area contributed by atoms with E-state index in [-0.39, 0.29) is 0 Å². The van der Waals surface area contributed by atoms with Crippen LogP contribution in [0.15, 0.2) is 40.4 Å². The van der Waals surface area contributed by atoms with Crippen LogP contribution in [0.4, 0.5) is 5.82 Å². The van der Waals surface area contributed by atoms with Gasteiger partial charge in [0, 0.05) is 23.1 Å². The van der Waals surface area contributed by atoms with Crippen LogP contribution in [0.5, 0.6) is 0 Å². The molecule has 3 aromatic rings. The highest BCUT2D eigenvalue weighted by molar-refractivity contribution is 7.09. The number of rotatable bonds is 3. The molecule has 5 nitrogen and oxygen atoms in total. The molecule has 0 amide bonds. The van der Waals surface area contributed by atoms with E-state index in [9.17, 15) is 0 Å². The van der Waals surface area contributed by atoms with Crippen LogP contribution in [0.1, 0.15) is 10.7 Å². The Bertz CT molecular complexity index is 648. The van der Waals surface area contributed by atoms with Crippen molar-refractivity contribution >= 4 is 17.2 Å². The summed E-state index contributed by atoms with van der Waals surface area (Å²) >= 11 is 1.67. The normalized spacial score (nSPS) is 10.7. The fourth-order valence-corrected chi connectivity index (χ4v) is 2.29. The molecular formula is C12H10N4OS. The summed E-state index contributed by atoms with van der Waals surface area (Å²) in [5.41, 5.74) is 6.40. The smallest absolute Gasteiger partial charge is 0.258 e. The zero-order valence-corrected chi connectivity index (χ0v) is 10.2. The van der Waals surface area contributed by atoms with Crippen molar-refractivity contribution in [3.8, 4) is 11.5 Å². The first-order chi connectivity index (χ1) is 8.81. The predicted molar refractivity (Wildman–Crippen MR) is 69.1 cm³/mol. The van der Waals surface area contributed by atoms with Crippen LogP contribution >= 0.6 is 11.3 Å². The molecule has 90 valence electrons. The van der Waals surface area contributed by atoms with Crippen molar-refractivity contribution in [2.75, 3.05) is 5.73 Å². The summed E-state index contributed by atoms with van der Waals surface area (Å²) in [6.07, 6.45) is 2.30. The molecule has 0 fully saturated rings. The lowest BCUT2D eigenvalue weighted by Crippen LogP contribution is -1.90. The topological polar surface area (TPSA) is 77.8 Å². The fraction of sp³-hybridized carbons (Fsp3) is 0.0833. The van der Waals surface area contributed by atoms with E-state index in [1.165, 1.54) is 4.88 Å². The fourth-order valence-electron chi connectivity index (χ4n) is 1.59. The molecule has 0 radical (unpaired) electrons. The highest BCUT2D eigenvalue weighted by Gasteiger charge is 2.10. The molecular weight excluding hydrogens is 248 g/mol. The number of hydrogen-bond donors (Lipinski definition) is 1. The molecule has 0 bridgehead atoms. The molecule has 3 aromatic heterocycles. The second-order valence-electron chi connectivity index (χ2n) is 3.74. The second-order valence-corrected chi connectivity index (χ2v) is 4.77. The Labute approximate surface area is 107 Å². The summed E-state index contributed by atoms with van der Waals surface area (Å²) in [4.78, 5) is 9.47. The quantitative estimate of drug-likeness (QED) is 0.780. The number of anilines is 1. The molecule has 0 aliphatic heterocycles. The van der Waals surface area contributed by atoms with E-state index in [0.29, 0.717) is 24.0 Å². The van der Waals surface area contributed by atoms with E-state index in [1.54, 1.807) is 29.7 Å². The van der Waals surface area contributed by atoms with Gasteiger partial charge in [0.25, 0.3) is 5.89 Å². The Hall–Kier alpha value is -2.21. The standard InChI is InChI=1S/C12H10N4OS/c13-10-6-8(3-4-14-10)12-15-11(16-17-12)7-9-2-1-5-18-9/h1-6H,7H2,(H2,13,14). The summed E-state index contributed by atoms with van der Waals surface area (Å²) in [6, 6.07) is 7.55. The molecule has 2 N–H and O–H groups in total. The lowest BCUT2D eigenvalue weighted by Gasteiger charge is -1.94. The minimum atomic E-state index is 0.436. The van der Waals surface area contributed by atoms with Crippen LogP contribution < -0.4 is 5.73 Å². The highest BCUT2D eigenvalue weighted by Crippen LogP contribution is 2.19. The van der Waals surface area contributed by atoms with Crippen molar-refractivity contribution in [1.29, 1.82) is 0 Å². The number of pyridine rings is 1. The molecule has 0 aliphatic rings. The summed E-state index contributed by atoms with van der Waals surface area (Å²) in [5, 5.41) is 5.98. The van der Waals surface area contributed by atoms with Gasteiger partial charge in [0.15, 0.2) is 5.82 Å². The highest BCUT2D eigenvalue weighted by atomic mass is 32.1. The van der Waals surface area contributed by atoms with Crippen molar-refractivity contribution in [2.24, 2.45) is 0 Å². The van der Waals surface area contributed by atoms with E-state index in [4.69, 9.17) is 10.3 Å². The zero-order valence-electron chi connectivity index (χ0n) is 9.41. The van der Waals surface area contributed by atoms with Gasteiger partial charge in [-0.05, 0) is 23.6 Å². The average Bonchev–Trinajstić information content (AvgIpc) is 3.01. The zero-order chi connectivity index (χ0) is 12.4. The summed E-state index contributed by atoms with van der Waals surface area (Å²) < 4.78 is 5.21. The number of nitrogen functional groups attached to an aromatic ring is 1. The van der Waals surface area contributed by atoms with E-state index < -0.39 is 0 Å². The maximum Gasteiger partial charge on any atom is 0.258 e. The second kappa shape index (κ2) is 4.58. The van der Waals surface area contributed by atoms with Gasteiger partial charge in [0.05, 0.1) is 0 Å². The molecule has 0 saturated carbocycles. The van der Waals surface area contributed by atoms with Crippen molar-refractivity contribution in [1.82, 2.24) is 15.1 Å². The first kappa shape index (κ1) is 10.9. The minimum absolute atomic E-state index is 0.436. The Morgan fingerprint density at radius 3 is 3.06 bits per heavy atom. The van der Waals surface area contributed by atoms with E-state index in [1.807, 2.05) is 17.5 Å². The van der Waals surface area contributed by atoms with Gasteiger partial charge in [-0.2, -0.15) is 4.98 Å². The number of thiophene rings is 1. The third-order valence-electron chi connectivity index (χ3n) is 2.41. The van der Waals surface area contributed by atoms with Crippen molar-refractivity contribution in [3.05, 3.63) is 46.5 Å². The third-order valence-corrected chi connectivity index (χ3v) is 3.28. The van der Waals surface area contributed by atoms with E-state index >= 15 is 0 Å². The van der Waals surface area contributed by atoms with Gasteiger partial charge in [-0.3, -0.25) is 0 Å². The van der Waals surface area contributed by atoms with Crippen LogP contribution in [0.3, 0.4) is 0 Å². The molecule has 3 heterocycles. The van der Waals surface area contributed by atoms with Gasteiger partial charge in [-0.15, -0.1) is 11.3 Å². The third kappa shape index (κ3) is 2.23. The molecule has 0 aliphatic carbocycles. The molecule has 18 heavy (non-hydrogen) atoms. The first-order valence-corrected chi connectivity index (χ1v) is 6.26. The van der Waals surface area contributed by atoms with E-state index in [2.05, 4.69) is 15.1 Å². The largest absolute Gasteiger partial charge is 0.384 e. The Balaban J connectivity index is 1.85. The van der Waals surface area contributed by atoms with Crippen LogP contribution in [0.2, 0.25) is 0 Å². The minimum Gasteiger partial charge on any atom is -0.384 e. The number of hydrogen-bond acceptors (Lipinski definition) is 6. The van der Waals surface area contributed by atoms with Gasteiger partial charge in [-0.1, -0.05) is 11.2 Å². The van der Waals surface area contributed by atoms with Crippen LogP contribution in [0, 0.1) is 0 Å². The summed E-state index contributed by atoms with van der Waals surface area (Å²) in [5.74, 6) is 1.57. The molecule has 0 aromatic carbocycles. The lowest BCUT2D eigenvalue weighted by molar-refractivity contribution is 0.424. The molecule has 0 saturated heterocycles. The number of nitrogens with two attached hydrogens (primary N) is 1. The molecule has 0 atom stereocenters.